The summed E-state index contributed by atoms with van der Waals surface area (Å²) in [6.07, 6.45) is 12.4. The van der Waals surface area contributed by atoms with Crippen LogP contribution in [-0.2, 0) is 0 Å². The van der Waals surface area contributed by atoms with Gasteiger partial charge in [-0.2, -0.15) is 0 Å². The minimum absolute atomic E-state index is 1.05. The summed E-state index contributed by atoms with van der Waals surface area (Å²) in [6.45, 7) is 0. The molecule has 0 spiro atoms. The molecule has 0 heterocycles. The van der Waals surface area contributed by atoms with Gasteiger partial charge >= 0.3 is 0 Å². The van der Waals surface area contributed by atoms with Gasteiger partial charge in [0.2, 0.25) is 0 Å². The lowest BCUT2D eigenvalue weighted by Gasteiger charge is -2.12. The quantitative estimate of drug-likeness (QED) is 0.550. The van der Waals surface area contributed by atoms with Gasteiger partial charge in [0, 0.05) is 0 Å². The largest absolute Gasteiger partial charge is 0.0810 e. The van der Waals surface area contributed by atoms with Crippen LogP contribution in [0.4, 0.5) is 0 Å². The fourth-order valence-electron chi connectivity index (χ4n) is 3.12. The van der Waals surface area contributed by atoms with Gasteiger partial charge in [-0.25, -0.2) is 0 Å². The first-order valence-corrected chi connectivity index (χ1v) is 5.34. The van der Waals surface area contributed by atoms with Gasteiger partial charge in [-0.05, 0) is 62.0 Å². The van der Waals surface area contributed by atoms with Crippen LogP contribution in [0, 0.1) is 5.92 Å². The number of allylic oxidation sites excluding steroid dienone is 4. The van der Waals surface area contributed by atoms with E-state index >= 15 is 0 Å². The van der Waals surface area contributed by atoms with E-state index in [-0.39, 0.29) is 0 Å². The van der Waals surface area contributed by atoms with E-state index in [1.807, 2.05) is 5.57 Å². The molecule has 0 heteroatoms. The molecule has 1 atom stereocenters. The normalized spacial score (nSPS) is 33.3. The van der Waals surface area contributed by atoms with Crippen molar-refractivity contribution in [2.45, 2.75) is 44.9 Å². The van der Waals surface area contributed by atoms with Gasteiger partial charge in [-0.15, -0.1) is 0 Å². The Hall–Kier alpha value is -0.520. The second kappa shape index (κ2) is 2.48. The van der Waals surface area contributed by atoms with Crippen LogP contribution < -0.4 is 0 Å². The van der Waals surface area contributed by atoms with E-state index in [1.165, 1.54) is 44.9 Å². The Bertz CT molecular complexity index is 268. The monoisotopic (exact) mass is 160 g/mol. The third kappa shape index (κ3) is 0.903. The second-order valence-electron chi connectivity index (χ2n) is 4.52. The summed E-state index contributed by atoms with van der Waals surface area (Å²) in [7, 11) is 0. The average Bonchev–Trinajstić information content (AvgIpc) is 2.81. The zero-order valence-electron chi connectivity index (χ0n) is 7.60. The predicted octanol–water partition coefficient (Wildman–Crippen LogP) is 3.60. The Morgan fingerprint density at radius 1 is 1.17 bits per heavy atom. The van der Waals surface area contributed by atoms with Crippen LogP contribution in [0.5, 0.6) is 0 Å². The molecule has 3 aliphatic rings. The molecule has 1 saturated carbocycles. The van der Waals surface area contributed by atoms with Gasteiger partial charge in [-0.3, -0.25) is 0 Å². The lowest BCUT2D eigenvalue weighted by atomic mass is 9.93. The van der Waals surface area contributed by atoms with Crippen molar-refractivity contribution in [3.8, 4) is 0 Å². The van der Waals surface area contributed by atoms with Crippen molar-refractivity contribution in [3.63, 3.8) is 0 Å². The van der Waals surface area contributed by atoms with Gasteiger partial charge in [0.1, 0.15) is 0 Å². The molecule has 1 unspecified atom stereocenters. The Morgan fingerprint density at radius 2 is 2.17 bits per heavy atom. The Kier molecular flexibility index (Phi) is 1.44. The minimum Gasteiger partial charge on any atom is -0.0810 e. The molecule has 12 heavy (non-hydrogen) atoms. The standard InChI is InChI=1S/C12H16/c1-2-4-10(3-1)12-8-9-5-6-11(12)7-9/h3,9H,1-2,4-8H2. The van der Waals surface area contributed by atoms with Gasteiger partial charge < -0.3 is 0 Å². The molecule has 0 nitrogen and oxygen atoms in total. The zero-order valence-corrected chi connectivity index (χ0v) is 7.60. The SMILES string of the molecule is C1=C(C2=C3CCC(C3)C2)CCC1. The van der Waals surface area contributed by atoms with Crippen LogP contribution in [0.3, 0.4) is 0 Å². The van der Waals surface area contributed by atoms with Crippen molar-refractivity contribution in [2.75, 3.05) is 0 Å². The van der Waals surface area contributed by atoms with Crippen LogP contribution in [0.15, 0.2) is 22.8 Å². The van der Waals surface area contributed by atoms with E-state index < -0.39 is 0 Å². The maximum absolute atomic E-state index is 2.49. The van der Waals surface area contributed by atoms with E-state index in [9.17, 15) is 0 Å². The summed E-state index contributed by atoms with van der Waals surface area (Å²) in [5, 5.41) is 0. The molecule has 0 saturated heterocycles. The van der Waals surface area contributed by atoms with Crippen LogP contribution in [0.2, 0.25) is 0 Å². The van der Waals surface area contributed by atoms with Crippen molar-refractivity contribution in [2.24, 2.45) is 5.92 Å². The summed E-state index contributed by atoms with van der Waals surface area (Å²) >= 11 is 0. The fourth-order valence-corrected chi connectivity index (χ4v) is 3.12. The Labute approximate surface area is 74.4 Å². The first-order chi connectivity index (χ1) is 5.93. The van der Waals surface area contributed by atoms with Gasteiger partial charge in [-0.1, -0.05) is 11.6 Å². The maximum atomic E-state index is 2.49. The highest BCUT2D eigenvalue weighted by atomic mass is 14.4. The minimum atomic E-state index is 1.05. The lowest BCUT2D eigenvalue weighted by Crippen LogP contribution is -1.95. The van der Waals surface area contributed by atoms with Crippen molar-refractivity contribution < 1.29 is 0 Å². The van der Waals surface area contributed by atoms with E-state index in [2.05, 4.69) is 6.08 Å². The van der Waals surface area contributed by atoms with E-state index in [0.717, 1.165) is 5.92 Å². The molecule has 3 rings (SSSR count). The average molecular weight is 160 g/mol. The molecule has 0 aromatic carbocycles. The van der Waals surface area contributed by atoms with Crippen LogP contribution in [-0.4, -0.2) is 0 Å². The summed E-state index contributed by atoms with van der Waals surface area (Å²) < 4.78 is 0. The Morgan fingerprint density at radius 3 is 2.75 bits per heavy atom. The van der Waals surface area contributed by atoms with E-state index in [0.29, 0.717) is 0 Å². The third-order valence-electron chi connectivity index (χ3n) is 3.74. The number of hydrogen-bond donors (Lipinski definition) is 0. The number of rotatable bonds is 1. The predicted molar refractivity (Wildman–Crippen MR) is 50.9 cm³/mol. The van der Waals surface area contributed by atoms with Gasteiger partial charge in [0.05, 0.1) is 0 Å². The zero-order chi connectivity index (χ0) is 7.97. The van der Waals surface area contributed by atoms with Crippen LogP contribution in [0.25, 0.3) is 0 Å². The summed E-state index contributed by atoms with van der Waals surface area (Å²) in [5.74, 6) is 1.05. The van der Waals surface area contributed by atoms with Crippen LogP contribution >= 0.6 is 0 Å². The van der Waals surface area contributed by atoms with E-state index in [4.69, 9.17) is 0 Å². The van der Waals surface area contributed by atoms with Crippen molar-refractivity contribution >= 4 is 0 Å². The highest BCUT2D eigenvalue weighted by Gasteiger charge is 2.31. The topological polar surface area (TPSA) is 0 Å². The first-order valence-electron chi connectivity index (χ1n) is 5.34. The number of fused-ring (bicyclic) bond motifs is 2. The smallest absolute Gasteiger partial charge is 0.0245 e. The van der Waals surface area contributed by atoms with Crippen molar-refractivity contribution in [1.82, 2.24) is 0 Å². The summed E-state index contributed by atoms with van der Waals surface area (Å²) in [4.78, 5) is 0. The molecule has 0 N–H and O–H groups in total. The Balaban J connectivity index is 1.93. The highest BCUT2D eigenvalue weighted by molar-refractivity contribution is 5.42. The molecule has 0 radical (unpaired) electrons. The van der Waals surface area contributed by atoms with Crippen molar-refractivity contribution in [1.29, 1.82) is 0 Å². The molecule has 0 aliphatic heterocycles. The summed E-state index contributed by atoms with van der Waals surface area (Å²) in [5.41, 5.74) is 5.35. The van der Waals surface area contributed by atoms with E-state index in [1.54, 1.807) is 11.1 Å². The maximum Gasteiger partial charge on any atom is -0.0245 e. The molecule has 2 bridgehead atoms. The summed E-state index contributed by atoms with van der Waals surface area (Å²) in [6, 6.07) is 0. The molecule has 1 fully saturated rings. The first kappa shape index (κ1) is 6.94. The lowest BCUT2D eigenvalue weighted by molar-refractivity contribution is 0.564. The molecule has 0 aromatic heterocycles. The molecular formula is C12H16. The van der Waals surface area contributed by atoms with Gasteiger partial charge in [0.15, 0.2) is 0 Å². The molecule has 64 valence electrons. The fraction of sp³-hybridized carbons (Fsp3) is 0.667. The van der Waals surface area contributed by atoms with Gasteiger partial charge in [0.25, 0.3) is 0 Å². The highest BCUT2D eigenvalue weighted by Crippen LogP contribution is 2.48. The molecule has 0 amide bonds. The molecule has 3 aliphatic carbocycles. The number of hydrogen-bond acceptors (Lipinski definition) is 0. The van der Waals surface area contributed by atoms with Crippen molar-refractivity contribution in [3.05, 3.63) is 22.8 Å². The molecular weight excluding hydrogens is 144 g/mol. The molecule has 0 aromatic rings. The van der Waals surface area contributed by atoms with Crippen LogP contribution in [0.1, 0.15) is 44.9 Å². The second-order valence-corrected chi connectivity index (χ2v) is 4.52. The third-order valence-corrected chi connectivity index (χ3v) is 3.74.